The first-order valence-electron chi connectivity index (χ1n) is 8.56. The third-order valence-electron chi connectivity index (χ3n) is 3.98. The molecular weight excluding hydrogens is 408 g/mol. The number of ether oxygens (including phenoxy) is 1. The second-order valence-corrected chi connectivity index (χ2v) is 8.63. The van der Waals surface area contributed by atoms with Gasteiger partial charge in [-0.15, -0.1) is 11.3 Å². The standard InChI is InChI=1S/C21H18N2O4S2/c1-14-4-7-18(8-5-14)29(24,25)27-19-9-6-16(11-20(19)26-3)10-17(12-22)21-23-15(2)13-28-21/h4-11,13H,1-3H3/b17-10+. The third kappa shape index (κ3) is 4.83. The number of benzene rings is 2. The van der Waals surface area contributed by atoms with Gasteiger partial charge in [-0.25, -0.2) is 4.98 Å². The largest absolute Gasteiger partial charge is 0.493 e. The molecule has 1 aromatic heterocycles. The van der Waals surface area contributed by atoms with E-state index in [-0.39, 0.29) is 16.4 Å². The molecule has 0 atom stereocenters. The Morgan fingerprint density at radius 1 is 1.14 bits per heavy atom. The summed E-state index contributed by atoms with van der Waals surface area (Å²) in [5.74, 6) is 0.302. The Morgan fingerprint density at radius 2 is 1.86 bits per heavy atom. The van der Waals surface area contributed by atoms with Crippen LogP contribution in [0.2, 0.25) is 0 Å². The molecule has 0 N–H and O–H groups in total. The Bertz CT molecular complexity index is 1200. The van der Waals surface area contributed by atoms with Crippen LogP contribution in [-0.4, -0.2) is 20.5 Å². The maximum Gasteiger partial charge on any atom is 0.339 e. The lowest BCUT2D eigenvalue weighted by atomic mass is 10.1. The van der Waals surface area contributed by atoms with Gasteiger partial charge < -0.3 is 8.92 Å². The summed E-state index contributed by atoms with van der Waals surface area (Å²) in [6.45, 7) is 3.73. The van der Waals surface area contributed by atoms with Crippen molar-refractivity contribution in [3.63, 3.8) is 0 Å². The van der Waals surface area contributed by atoms with E-state index in [1.807, 2.05) is 19.2 Å². The molecule has 29 heavy (non-hydrogen) atoms. The number of aryl methyl sites for hydroxylation is 2. The number of allylic oxidation sites excluding steroid dienone is 1. The molecular formula is C21H18N2O4S2. The first-order chi connectivity index (χ1) is 13.8. The van der Waals surface area contributed by atoms with Crippen LogP contribution in [0.3, 0.4) is 0 Å². The highest BCUT2D eigenvalue weighted by molar-refractivity contribution is 7.87. The van der Waals surface area contributed by atoms with Crippen LogP contribution in [-0.2, 0) is 10.1 Å². The van der Waals surface area contributed by atoms with E-state index in [1.54, 1.807) is 30.3 Å². The average molecular weight is 427 g/mol. The maximum atomic E-state index is 12.5. The van der Waals surface area contributed by atoms with E-state index < -0.39 is 10.1 Å². The summed E-state index contributed by atoms with van der Waals surface area (Å²) in [4.78, 5) is 4.37. The minimum Gasteiger partial charge on any atom is -0.493 e. The Hall–Kier alpha value is -3.15. The zero-order valence-electron chi connectivity index (χ0n) is 16.0. The van der Waals surface area contributed by atoms with Gasteiger partial charge >= 0.3 is 10.1 Å². The number of thiazole rings is 1. The fourth-order valence-electron chi connectivity index (χ4n) is 2.50. The Balaban J connectivity index is 1.92. The minimum atomic E-state index is -4.00. The second-order valence-electron chi connectivity index (χ2n) is 6.22. The molecule has 0 saturated carbocycles. The topological polar surface area (TPSA) is 89.3 Å². The number of rotatable bonds is 6. The molecule has 0 aliphatic rings. The minimum absolute atomic E-state index is 0.0556. The van der Waals surface area contributed by atoms with Gasteiger partial charge in [-0.05, 0) is 49.8 Å². The van der Waals surface area contributed by atoms with Crippen LogP contribution in [0.15, 0.2) is 52.7 Å². The summed E-state index contributed by atoms with van der Waals surface area (Å²) in [5.41, 5.74) is 2.85. The van der Waals surface area contributed by atoms with Crippen LogP contribution in [0.25, 0.3) is 11.6 Å². The van der Waals surface area contributed by atoms with Gasteiger partial charge in [0.2, 0.25) is 0 Å². The van der Waals surface area contributed by atoms with E-state index in [0.717, 1.165) is 11.3 Å². The Kier molecular flexibility index (Phi) is 6.01. The summed E-state index contributed by atoms with van der Waals surface area (Å²) >= 11 is 1.38. The highest BCUT2D eigenvalue weighted by Crippen LogP contribution is 2.32. The van der Waals surface area contributed by atoms with E-state index in [4.69, 9.17) is 8.92 Å². The summed E-state index contributed by atoms with van der Waals surface area (Å²) in [7, 11) is -2.58. The fourth-order valence-corrected chi connectivity index (χ4v) is 4.20. The molecule has 0 unspecified atom stereocenters. The van der Waals surface area contributed by atoms with E-state index in [0.29, 0.717) is 16.1 Å². The molecule has 1 heterocycles. The van der Waals surface area contributed by atoms with Gasteiger partial charge in [0.25, 0.3) is 0 Å². The first-order valence-corrected chi connectivity index (χ1v) is 10.8. The normalized spacial score (nSPS) is 11.7. The van der Waals surface area contributed by atoms with Crippen LogP contribution in [0.5, 0.6) is 11.5 Å². The van der Waals surface area contributed by atoms with Gasteiger partial charge in [0.15, 0.2) is 11.5 Å². The lowest BCUT2D eigenvalue weighted by molar-refractivity contribution is 0.390. The number of hydrogen-bond acceptors (Lipinski definition) is 7. The molecule has 0 aliphatic heterocycles. The molecule has 3 aromatic rings. The number of nitrogens with zero attached hydrogens (tertiary/aromatic N) is 2. The first kappa shape index (κ1) is 20.6. The van der Waals surface area contributed by atoms with E-state index in [1.165, 1.54) is 36.6 Å². The number of hydrogen-bond donors (Lipinski definition) is 0. The van der Waals surface area contributed by atoms with Gasteiger partial charge in [-0.1, -0.05) is 23.8 Å². The van der Waals surface area contributed by atoms with Crippen molar-refractivity contribution in [1.29, 1.82) is 5.26 Å². The van der Waals surface area contributed by atoms with Crippen LogP contribution >= 0.6 is 11.3 Å². The van der Waals surface area contributed by atoms with Crippen molar-refractivity contribution in [2.45, 2.75) is 18.7 Å². The number of nitriles is 1. The molecule has 148 valence electrons. The van der Waals surface area contributed by atoms with Crippen molar-refractivity contribution in [3.05, 3.63) is 69.7 Å². The van der Waals surface area contributed by atoms with Gasteiger partial charge in [0.1, 0.15) is 16.0 Å². The predicted molar refractivity (Wildman–Crippen MR) is 112 cm³/mol. The zero-order chi connectivity index (χ0) is 21.0. The van der Waals surface area contributed by atoms with Crippen LogP contribution in [0.4, 0.5) is 0 Å². The van der Waals surface area contributed by atoms with Gasteiger partial charge in [-0.3, -0.25) is 0 Å². The molecule has 0 saturated heterocycles. The molecule has 0 bridgehead atoms. The van der Waals surface area contributed by atoms with E-state index in [9.17, 15) is 13.7 Å². The van der Waals surface area contributed by atoms with E-state index in [2.05, 4.69) is 11.1 Å². The van der Waals surface area contributed by atoms with Gasteiger partial charge in [-0.2, -0.15) is 13.7 Å². The number of methoxy groups -OCH3 is 1. The molecule has 6 nitrogen and oxygen atoms in total. The van der Waals surface area contributed by atoms with Crippen LogP contribution in [0.1, 0.15) is 21.8 Å². The SMILES string of the molecule is COc1cc(/C=C(\C#N)c2nc(C)cs2)ccc1OS(=O)(=O)c1ccc(C)cc1. The quantitative estimate of drug-likeness (QED) is 0.423. The molecule has 0 amide bonds. The van der Waals surface area contributed by atoms with Crippen molar-refractivity contribution in [1.82, 2.24) is 4.98 Å². The van der Waals surface area contributed by atoms with Crippen LogP contribution < -0.4 is 8.92 Å². The van der Waals surface area contributed by atoms with Gasteiger partial charge in [0, 0.05) is 11.1 Å². The molecule has 0 spiro atoms. The summed E-state index contributed by atoms with van der Waals surface area (Å²) < 4.78 is 35.6. The third-order valence-corrected chi connectivity index (χ3v) is 6.22. The van der Waals surface area contributed by atoms with Crippen molar-refractivity contribution in [2.24, 2.45) is 0 Å². The highest BCUT2D eigenvalue weighted by atomic mass is 32.2. The van der Waals surface area contributed by atoms with Crippen LogP contribution in [0, 0.1) is 25.2 Å². The second kappa shape index (κ2) is 8.47. The van der Waals surface area contributed by atoms with Crippen molar-refractivity contribution >= 4 is 33.1 Å². The summed E-state index contributed by atoms with van der Waals surface area (Å²) in [5, 5.41) is 11.9. The van der Waals surface area contributed by atoms with Crippen molar-refractivity contribution in [3.8, 4) is 17.6 Å². The predicted octanol–water partition coefficient (Wildman–Crippen LogP) is 4.60. The summed E-state index contributed by atoms with van der Waals surface area (Å²) in [6, 6.07) is 13.3. The monoisotopic (exact) mass is 426 g/mol. The highest BCUT2D eigenvalue weighted by Gasteiger charge is 2.19. The lowest BCUT2D eigenvalue weighted by Crippen LogP contribution is -2.10. The Morgan fingerprint density at radius 3 is 2.45 bits per heavy atom. The molecule has 0 fully saturated rings. The zero-order valence-corrected chi connectivity index (χ0v) is 17.7. The molecule has 3 rings (SSSR count). The smallest absolute Gasteiger partial charge is 0.339 e. The molecule has 2 aromatic carbocycles. The Labute approximate surface area is 173 Å². The lowest BCUT2D eigenvalue weighted by Gasteiger charge is -2.11. The van der Waals surface area contributed by atoms with E-state index >= 15 is 0 Å². The maximum absolute atomic E-state index is 12.5. The molecule has 8 heteroatoms. The summed E-state index contributed by atoms with van der Waals surface area (Å²) in [6.07, 6.45) is 1.67. The van der Waals surface area contributed by atoms with Crippen molar-refractivity contribution in [2.75, 3.05) is 7.11 Å². The average Bonchev–Trinajstić information content (AvgIpc) is 3.13. The fraction of sp³-hybridized carbons (Fsp3) is 0.143. The molecule has 0 radical (unpaired) electrons. The van der Waals surface area contributed by atoms with Crippen molar-refractivity contribution < 1.29 is 17.3 Å². The number of aromatic nitrogens is 1. The van der Waals surface area contributed by atoms with Gasteiger partial charge in [0.05, 0.1) is 12.7 Å². The molecule has 0 aliphatic carbocycles.